The molecule has 1 aromatic carbocycles. The zero-order valence-corrected chi connectivity index (χ0v) is 10.8. The molecule has 1 rings (SSSR count). The number of hydrogen-bond acceptors (Lipinski definition) is 5. The van der Waals surface area contributed by atoms with Gasteiger partial charge in [-0.05, 0) is 33.6 Å². The van der Waals surface area contributed by atoms with Crippen molar-refractivity contribution in [3.8, 4) is 5.75 Å². The van der Waals surface area contributed by atoms with E-state index in [4.69, 9.17) is 15.3 Å². The molecule has 6 heteroatoms. The van der Waals surface area contributed by atoms with Gasteiger partial charge in [-0.3, -0.25) is 0 Å². The third kappa shape index (κ3) is 3.65. The summed E-state index contributed by atoms with van der Waals surface area (Å²) in [4.78, 5) is 0. The number of benzene rings is 1. The standard InChI is InChI=1S/C11H16BrNO4/c12-9-3-8(1-2-10(9)17)4-13-11(5-14,6-15)7-16/h1-3,13-17H,4-7H2. The minimum Gasteiger partial charge on any atom is -0.507 e. The van der Waals surface area contributed by atoms with Gasteiger partial charge in [0.1, 0.15) is 5.75 Å². The van der Waals surface area contributed by atoms with Gasteiger partial charge < -0.3 is 25.7 Å². The van der Waals surface area contributed by atoms with Gasteiger partial charge >= 0.3 is 0 Å². The van der Waals surface area contributed by atoms with Gasteiger partial charge in [-0.15, -0.1) is 0 Å². The van der Waals surface area contributed by atoms with Crippen LogP contribution in [0.1, 0.15) is 5.56 Å². The molecule has 0 aliphatic heterocycles. The smallest absolute Gasteiger partial charge is 0.129 e. The zero-order chi connectivity index (χ0) is 12.9. The molecule has 5 nitrogen and oxygen atoms in total. The van der Waals surface area contributed by atoms with E-state index >= 15 is 0 Å². The van der Waals surface area contributed by atoms with Crippen LogP contribution in [0.25, 0.3) is 0 Å². The lowest BCUT2D eigenvalue weighted by Crippen LogP contribution is -2.54. The first-order valence-electron chi connectivity index (χ1n) is 5.12. The molecule has 5 N–H and O–H groups in total. The predicted octanol–water partition coefficient (Wildman–Crippen LogP) is -0.0400. The highest BCUT2D eigenvalue weighted by molar-refractivity contribution is 9.10. The van der Waals surface area contributed by atoms with Gasteiger partial charge in [-0.25, -0.2) is 0 Å². The van der Waals surface area contributed by atoms with Crippen LogP contribution in [-0.2, 0) is 6.54 Å². The molecule has 0 saturated heterocycles. The highest BCUT2D eigenvalue weighted by Gasteiger charge is 2.26. The summed E-state index contributed by atoms with van der Waals surface area (Å²) < 4.78 is 0.569. The van der Waals surface area contributed by atoms with Gasteiger partial charge in [0.05, 0.1) is 29.8 Å². The summed E-state index contributed by atoms with van der Waals surface area (Å²) >= 11 is 3.19. The summed E-state index contributed by atoms with van der Waals surface area (Å²) in [6, 6.07) is 4.98. The number of aromatic hydroxyl groups is 1. The van der Waals surface area contributed by atoms with E-state index in [2.05, 4.69) is 21.2 Å². The second-order valence-corrected chi connectivity index (χ2v) is 4.75. The van der Waals surface area contributed by atoms with Crippen molar-refractivity contribution in [1.82, 2.24) is 5.32 Å². The van der Waals surface area contributed by atoms with Crippen LogP contribution in [0.2, 0.25) is 0 Å². The van der Waals surface area contributed by atoms with Crippen LogP contribution in [0.4, 0.5) is 0 Å². The van der Waals surface area contributed by atoms with Crippen LogP contribution in [0.15, 0.2) is 22.7 Å². The van der Waals surface area contributed by atoms with Gasteiger partial charge in [0.15, 0.2) is 0 Å². The molecule has 17 heavy (non-hydrogen) atoms. The topological polar surface area (TPSA) is 93.0 Å². The van der Waals surface area contributed by atoms with Gasteiger partial charge in [-0.1, -0.05) is 6.07 Å². The van der Waals surface area contributed by atoms with E-state index in [1.807, 2.05) is 0 Å². The maximum atomic E-state index is 9.32. The lowest BCUT2D eigenvalue weighted by Gasteiger charge is -2.28. The Labute approximate surface area is 108 Å². The first kappa shape index (κ1) is 14.4. The molecule has 0 aromatic heterocycles. The number of phenols is 1. The van der Waals surface area contributed by atoms with Crippen molar-refractivity contribution in [2.24, 2.45) is 0 Å². The molecule has 0 saturated carbocycles. The van der Waals surface area contributed by atoms with Gasteiger partial charge in [0.2, 0.25) is 0 Å². The molecule has 0 amide bonds. The van der Waals surface area contributed by atoms with Gasteiger partial charge in [0.25, 0.3) is 0 Å². The van der Waals surface area contributed by atoms with Crippen LogP contribution in [-0.4, -0.2) is 45.8 Å². The van der Waals surface area contributed by atoms with E-state index in [0.717, 1.165) is 5.56 Å². The molecule has 0 fully saturated rings. The maximum Gasteiger partial charge on any atom is 0.129 e. The minimum atomic E-state index is -1.09. The van der Waals surface area contributed by atoms with Crippen molar-refractivity contribution in [3.63, 3.8) is 0 Å². The van der Waals surface area contributed by atoms with Crippen LogP contribution in [0, 0.1) is 0 Å². The van der Waals surface area contributed by atoms with E-state index < -0.39 is 5.54 Å². The van der Waals surface area contributed by atoms with E-state index in [9.17, 15) is 5.11 Å². The Balaban J connectivity index is 2.68. The van der Waals surface area contributed by atoms with Gasteiger partial charge in [-0.2, -0.15) is 0 Å². The number of phenolic OH excluding ortho intramolecular Hbond substituents is 1. The fourth-order valence-corrected chi connectivity index (χ4v) is 1.69. The molecular weight excluding hydrogens is 290 g/mol. The minimum absolute atomic E-state index is 0.145. The third-order valence-corrected chi connectivity index (χ3v) is 3.22. The fraction of sp³-hybridized carbons (Fsp3) is 0.455. The normalized spacial score (nSPS) is 11.8. The number of rotatable bonds is 6. The lowest BCUT2D eigenvalue weighted by atomic mass is 10.0. The fourth-order valence-electron chi connectivity index (χ4n) is 1.27. The second-order valence-electron chi connectivity index (χ2n) is 3.89. The van der Waals surface area contributed by atoms with E-state index in [1.54, 1.807) is 18.2 Å². The molecule has 0 unspecified atom stereocenters. The summed E-state index contributed by atoms with van der Waals surface area (Å²) in [7, 11) is 0. The van der Waals surface area contributed by atoms with Crippen molar-refractivity contribution < 1.29 is 20.4 Å². The first-order chi connectivity index (χ1) is 8.06. The molecule has 0 aliphatic rings. The highest BCUT2D eigenvalue weighted by Crippen LogP contribution is 2.24. The Kier molecular flexibility index (Phi) is 5.35. The number of aliphatic hydroxyl groups excluding tert-OH is 3. The molecule has 0 atom stereocenters. The lowest BCUT2D eigenvalue weighted by molar-refractivity contribution is 0.0414. The van der Waals surface area contributed by atoms with Crippen molar-refractivity contribution in [2.75, 3.05) is 19.8 Å². The first-order valence-corrected chi connectivity index (χ1v) is 5.91. The summed E-state index contributed by atoms with van der Waals surface area (Å²) in [5.74, 6) is 0.145. The largest absolute Gasteiger partial charge is 0.507 e. The molecule has 0 aliphatic carbocycles. The molecular formula is C11H16BrNO4. The summed E-state index contributed by atoms with van der Waals surface area (Å²) in [6.45, 7) is -0.724. The SMILES string of the molecule is OCC(CO)(CO)NCc1ccc(O)c(Br)c1. The number of nitrogens with one attached hydrogen (secondary N) is 1. The van der Waals surface area contributed by atoms with Gasteiger partial charge in [0, 0.05) is 6.54 Å². The molecule has 1 aromatic rings. The Morgan fingerprint density at radius 2 is 1.71 bits per heavy atom. The monoisotopic (exact) mass is 305 g/mol. The maximum absolute atomic E-state index is 9.32. The molecule has 96 valence electrons. The summed E-state index contributed by atoms with van der Waals surface area (Å²) in [6.07, 6.45) is 0. The Morgan fingerprint density at radius 3 is 2.18 bits per heavy atom. The highest BCUT2D eigenvalue weighted by atomic mass is 79.9. The molecule has 0 radical (unpaired) electrons. The quantitative estimate of drug-likeness (QED) is 0.508. The van der Waals surface area contributed by atoms with Crippen molar-refractivity contribution in [2.45, 2.75) is 12.1 Å². The van der Waals surface area contributed by atoms with Crippen LogP contribution >= 0.6 is 15.9 Å². The second kappa shape index (κ2) is 6.32. The third-order valence-electron chi connectivity index (χ3n) is 2.59. The number of halogens is 1. The summed E-state index contributed by atoms with van der Waals surface area (Å²) in [5, 5.41) is 39.6. The average Bonchev–Trinajstić information content (AvgIpc) is 2.36. The number of aliphatic hydroxyl groups is 3. The average molecular weight is 306 g/mol. The van der Waals surface area contributed by atoms with E-state index in [-0.39, 0.29) is 25.6 Å². The Hall–Kier alpha value is -0.660. The van der Waals surface area contributed by atoms with Crippen molar-refractivity contribution in [1.29, 1.82) is 0 Å². The predicted molar refractivity (Wildman–Crippen MR) is 66.6 cm³/mol. The van der Waals surface area contributed by atoms with Crippen molar-refractivity contribution >= 4 is 15.9 Å². The molecule has 0 bridgehead atoms. The van der Waals surface area contributed by atoms with Crippen LogP contribution in [0.3, 0.4) is 0 Å². The Morgan fingerprint density at radius 1 is 1.12 bits per heavy atom. The Bertz CT molecular complexity index is 360. The van der Waals surface area contributed by atoms with Crippen LogP contribution < -0.4 is 5.32 Å². The van der Waals surface area contributed by atoms with E-state index in [0.29, 0.717) is 11.0 Å². The molecule has 0 spiro atoms. The zero-order valence-electron chi connectivity index (χ0n) is 9.23. The number of hydrogen-bond donors (Lipinski definition) is 5. The summed E-state index contributed by atoms with van der Waals surface area (Å²) in [5.41, 5.74) is -0.237. The van der Waals surface area contributed by atoms with E-state index in [1.165, 1.54) is 0 Å². The van der Waals surface area contributed by atoms with Crippen LogP contribution in [0.5, 0.6) is 5.75 Å². The van der Waals surface area contributed by atoms with Crippen molar-refractivity contribution in [3.05, 3.63) is 28.2 Å². The molecule has 0 heterocycles.